The summed E-state index contributed by atoms with van der Waals surface area (Å²) in [4.78, 5) is 58.8. The maximum atomic E-state index is 13.6. The fourth-order valence-corrected chi connectivity index (χ4v) is 4.47. The molecule has 2 N–H and O–H groups in total. The Morgan fingerprint density at radius 3 is 2.43 bits per heavy atom. The van der Waals surface area contributed by atoms with Gasteiger partial charge in [-0.15, -0.1) is 10.2 Å². The summed E-state index contributed by atoms with van der Waals surface area (Å²) in [6, 6.07) is 7.60. The number of nitrogens with one attached hydrogen (secondary N) is 2. The Labute approximate surface area is 241 Å². The standard InChI is InChI=1S/C27H34N8O7/c1-4-40-23(36)11-10-20(26(38)34-12-14-35(15-13-34)27(39)41-5-2)29-25(37)21-16-22(18-8-6-7-9-19(18)28-21)42-17(3)24-30-32-33-31-24/h6-9,16-17,20H,4-5,10-15H2,1-3H3,(H,29,37)(H,30,31,32,33). The lowest BCUT2D eigenvalue weighted by molar-refractivity contribution is -0.143. The van der Waals surface area contributed by atoms with Crippen LogP contribution in [0.15, 0.2) is 30.3 Å². The Morgan fingerprint density at radius 2 is 1.74 bits per heavy atom. The topological polar surface area (TPSA) is 182 Å². The zero-order valence-electron chi connectivity index (χ0n) is 23.7. The van der Waals surface area contributed by atoms with E-state index in [0.29, 0.717) is 22.5 Å². The van der Waals surface area contributed by atoms with Crippen molar-refractivity contribution < 1.29 is 33.4 Å². The van der Waals surface area contributed by atoms with Gasteiger partial charge in [-0.3, -0.25) is 14.4 Å². The molecule has 1 aliphatic heterocycles. The van der Waals surface area contributed by atoms with Gasteiger partial charge >= 0.3 is 12.1 Å². The van der Waals surface area contributed by atoms with Crippen molar-refractivity contribution in [2.45, 2.75) is 45.8 Å². The monoisotopic (exact) mass is 582 g/mol. The molecule has 1 aromatic carbocycles. The summed E-state index contributed by atoms with van der Waals surface area (Å²) in [6.07, 6.45) is -1.08. The number of fused-ring (bicyclic) bond motifs is 1. The quantitative estimate of drug-likeness (QED) is 0.314. The van der Waals surface area contributed by atoms with Crippen LogP contribution in [0.4, 0.5) is 4.79 Å². The molecule has 2 aromatic heterocycles. The van der Waals surface area contributed by atoms with Gasteiger partial charge in [0.2, 0.25) is 11.7 Å². The van der Waals surface area contributed by atoms with E-state index in [4.69, 9.17) is 14.2 Å². The number of hydrogen-bond acceptors (Lipinski definition) is 11. The van der Waals surface area contributed by atoms with E-state index < -0.39 is 30.1 Å². The van der Waals surface area contributed by atoms with Crippen LogP contribution >= 0.6 is 0 Å². The molecular formula is C27H34N8O7. The van der Waals surface area contributed by atoms with Crippen molar-refractivity contribution in [2.75, 3.05) is 39.4 Å². The van der Waals surface area contributed by atoms with Gasteiger partial charge < -0.3 is 29.3 Å². The summed E-state index contributed by atoms with van der Waals surface area (Å²) in [5, 5.41) is 17.3. The lowest BCUT2D eigenvalue weighted by Crippen LogP contribution is -2.56. The molecule has 42 heavy (non-hydrogen) atoms. The second-order valence-corrected chi connectivity index (χ2v) is 9.43. The average Bonchev–Trinajstić information content (AvgIpc) is 3.54. The lowest BCUT2D eigenvalue weighted by Gasteiger charge is -2.36. The molecule has 3 amide bonds. The van der Waals surface area contributed by atoms with Gasteiger partial charge in [0.25, 0.3) is 5.91 Å². The van der Waals surface area contributed by atoms with Crippen LogP contribution in [0.5, 0.6) is 5.75 Å². The second kappa shape index (κ2) is 14.2. The van der Waals surface area contributed by atoms with Crippen LogP contribution in [0, 0.1) is 0 Å². The molecule has 0 aliphatic carbocycles. The van der Waals surface area contributed by atoms with Crippen LogP contribution in [0.3, 0.4) is 0 Å². The highest BCUT2D eigenvalue weighted by molar-refractivity contribution is 5.99. The minimum absolute atomic E-state index is 0.0186. The number of nitrogens with zero attached hydrogens (tertiary/aromatic N) is 6. The minimum atomic E-state index is -1.04. The first-order valence-electron chi connectivity index (χ1n) is 13.8. The molecule has 0 spiro atoms. The van der Waals surface area contributed by atoms with Crippen LogP contribution in [-0.2, 0) is 19.1 Å². The number of para-hydroxylation sites is 1. The molecular weight excluding hydrogens is 548 g/mol. The summed E-state index contributed by atoms with van der Waals surface area (Å²) in [6.45, 7) is 6.69. The van der Waals surface area contributed by atoms with Crippen molar-refractivity contribution in [1.29, 1.82) is 0 Å². The first-order valence-corrected chi connectivity index (χ1v) is 13.8. The van der Waals surface area contributed by atoms with Gasteiger partial charge in [-0.2, -0.15) is 5.21 Å². The number of tetrazole rings is 1. The molecule has 3 heterocycles. The van der Waals surface area contributed by atoms with E-state index in [1.165, 1.54) is 11.0 Å². The number of piperazine rings is 1. The van der Waals surface area contributed by atoms with Gasteiger partial charge in [0.15, 0.2) is 6.10 Å². The van der Waals surface area contributed by atoms with E-state index in [1.54, 1.807) is 37.8 Å². The molecule has 1 saturated heterocycles. The molecule has 2 atom stereocenters. The summed E-state index contributed by atoms with van der Waals surface area (Å²) in [7, 11) is 0. The SMILES string of the molecule is CCOC(=O)CCC(NC(=O)c1cc(OC(C)c2nn[nH]n2)c2ccccc2n1)C(=O)N1CCN(C(=O)OCC)CC1. The molecule has 1 aliphatic rings. The molecule has 15 nitrogen and oxygen atoms in total. The van der Waals surface area contributed by atoms with Crippen molar-refractivity contribution in [3.05, 3.63) is 41.9 Å². The van der Waals surface area contributed by atoms with E-state index >= 15 is 0 Å². The van der Waals surface area contributed by atoms with Crippen LogP contribution in [0.25, 0.3) is 10.9 Å². The maximum Gasteiger partial charge on any atom is 0.409 e. The molecule has 0 saturated carbocycles. The Balaban J connectivity index is 1.53. The first-order chi connectivity index (χ1) is 20.3. The third kappa shape index (κ3) is 7.47. The van der Waals surface area contributed by atoms with Gasteiger partial charge in [-0.1, -0.05) is 17.3 Å². The molecule has 3 aromatic rings. The number of benzene rings is 1. The number of H-pyrrole nitrogens is 1. The van der Waals surface area contributed by atoms with Crippen molar-refractivity contribution in [1.82, 2.24) is 40.7 Å². The molecule has 1 fully saturated rings. The van der Waals surface area contributed by atoms with Gasteiger partial charge in [0.05, 0.1) is 18.7 Å². The molecule has 4 rings (SSSR count). The second-order valence-electron chi connectivity index (χ2n) is 9.43. The van der Waals surface area contributed by atoms with E-state index in [1.807, 2.05) is 12.1 Å². The highest BCUT2D eigenvalue weighted by atomic mass is 16.6. The molecule has 224 valence electrons. The minimum Gasteiger partial charge on any atom is -0.482 e. The Morgan fingerprint density at radius 1 is 1.02 bits per heavy atom. The Bertz CT molecular complexity index is 1390. The van der Waals surface area contributed by atoms with Crippen molar-refractivity contribution >= 4 is 34.8 Å². The fourth-order valence-electron chi connectivity index (χ4n) is 4.47. The number of pyridine rings is 1. The van der Waals surface area contributed by atoms with Crippen molar-refractivity contribution in [3.8, 4) is 5.75 Å². The lowest BCUT2D eigenvalue weighted by atomic mass is 10.1. The number of ether oxygens (including phenoxy) is 3. The van der Waals surface area contributed by atoms with Gasteiger partial charge in [-0.05, 0) is 39.3 Å². The third-order valence-corrected chi connectivity index (χ3v) is 6.60. The van der Waals surface area contributed by atoms with Gasteiger partial charge in [0, 0.05) is 44.1 Å². The van der Waals surface area contributed by atoms with Crippen molar-refractivity contribution in [2.24, 2.45) is 0 Å². The highest BCUT2D eigenvalue weighted by Gasteiger charge is 2.31. The zero-order valence-corrected chi connectivity index (χ0v) is 23.7. The van der Waals surface area contributed by atoms with Gasteiger partial charge in [0.1, 0.15) is 17.5 Å². The summed E-state index contributed by atoms with van der Waals surface area (Å²) in [5.74, 6) is -0.780. The number of hydrogen-bond donors (Lipinski definition) is 2. The largest absolute Gasteiger partial charge is 0.482 e. The third-order valence-electron chi connectivity index (χ3n) is 6.60. The summed E-state index contributed by atoms with van der Waals surface area (Å²) >= 11 is 0. The van der Waals surface area contributed by atoms with Gasteiger partial charge in [-0.25, -0.2) is 9.78 Å². The van der Waals surface area contributed by atoms with E-state index in [9.17, 15) is 19.2 Å². The Kier molecular flexibility index (Phi) is 10.2. The number of rotatable bonds is 11. The average molecular weight is 583 g/mol. The molecule has 2 unspecified atom stereocenters. The maximum absolute atomic E-state index is 13.6. The van der Waals surface area contributed by atoms with Crippen LogP contribution in [0.1, 0.15) is 56.0 Å². The number of carbonyl (C=O) groups is 4. The van der Waals surface area contributed by atoms with E-state index in [-0.39, 0.29) is 63.8 Å². The van der Waals surface area contributed by atoms with E-state index in [2.05, 4.69) is 30.9 Å². The van der Waals surface area contributed by atoms with Crippen LogP contribution in [0.2, 0.25) is 0 Å². The predicted octanol–water partition coefficient (Wildman–Crippen LogP) is 1.63. The predicted molar refractivity (Wildman–Crippen MR) is 147 cm³/mol. The summed E-state index contributed by atoms with van der Waals surface area (Å²) in [5.41, 5.74) is 0.523. The molecule has 0 radical (unpaired) electrons. The number of amides is 3. The Hall–Kier alpha value is -4.82. The first kappa shape index (κ1) is 30.1. The van der Waals surface area contributed by atoms with E-state index in [0.717, 1.165) is 0 Å². The molecule has 0 bridgehead atoms. The molecule has 15 heteroatoms. The number of aromatic nitrogens is 5. The van der Waals surface area contributed by atoms with Crippen LogP contribution < -0.4 is 10.1 Å². The highest BCUT2D eigenvalue weighted by Crippen LogP contribution is 2.29. The zero-order chi connectivity index (χ0) is 30.1. The number of aromatic amines is 1. The fraction of sp³-hybridized carbons (Fsp3) is 0.481. The smallest absolute Gasteiger partial charge is 0.409 e. The number of esters is 1. The normalized spacial score (nSPS) is 14.6. The number of carbonyl (C=O) groups excluding carboxylic acids is 4. The van der Waals surface area contributed by atoms with Crippen LogP contribution in [-0.4, -0.2) is 105 Å². The summed E-state index contributed by atoms with van der Waals surface area (Å²) < 4.78 is 16.1. The van der Waals surface area contributed by atoms with Crippen molar-refractivity contribution in [3.63, 3.8) is 0 Å².